The number of carbonyl (C=O) groups is 2. The van der Waals surface area contributed by atoms with E-state index in [1.165, 1.54) is 12.1 Å². The van der Waals surface area contributed by atoms with Gasteiger partial charge in [-0.2, -0.15) is 0 Å². The molecule has 3 N–H and O–H groups in total. The van der Waals surface area contributed by atoms with Gasteiger partial charge in [-0.05, 0) is 50.8 Å². The molecule has 144 valence electrons. The van der Waals surface area contributed by atoms with Crippen LogP contribution >= 0.6 is 0 Å². The van der Waals surface area contributed by atoms with Gasteiger partial charge in [0.15, 0.2) is 0 Å². The van der Waals surface area contributed by atoms with Gasteiger partial charge in [-0.25, -0.2) is 13.1 Å². The minimum atomic E-state index is -3.51. The molecule has 0 aliphatic heterocycles. The summed E-state index contributed by atoms with van der Waals surface area (Å²) in [6, 6.07) is 6.43. The Morgan fingerprint density at radius 2 is 1.69 bits per heavy atom. The van der Waals surface area contributed by atoms with E-state index in [-0.39, 0.29) is 17.0 Å². The average molecular weight is 381 g/mol. The highest BCUT2D eigenvalue weighted by Gasteiger charge is 2.21. The van der Waals surface area contributed by atoms with Crippen molar-refractivity contribution in [3.8, 4) is 0 Å². The fourth-order valence-corrected chi connectivity index (χ4v) is 4.19. The molecule has 0 unspecified atom stereocenters. The first-order valence-electron chi connectivity index (χ1n) is 8.98. The molecule has 0 saturated heterocycles. The lowest BCUT2D eigenvalue weighted by Gasteiger charge is -2.12. The van der Waals surface area contributed by atoms with Crippen molar-refractivity contribution in [3.63, 3.8) is 0 Å². The number of hydrogen-bond acceptors (Lipinski definition) is 4. The SMILES string of the molecule is CC(C)NS(=O)(=O)c1ccc(CCNC(=O)C(=O)NC2CCCC2)cc1. The molecule has 2 rings (SSSR count). The number of sulfonamides is 1. The van der Waals surface area contributed by atoms with Gasteiger partial charge in [-0.15, -0.1) is 0 Å². The predicted octanol–water partition coefficient (Wildman–Crippen LogP) is 1.09. The van der Waals surface area contributed by atoms with Gasteiger partial charge in [0, 0.05) is 18.6 Å². The van der Waals surface area contributed by atoms with E-state index >= 15 is 0 Å². The van der Waals surface area contributed by atoms with E-state index in [1.54, 1.807) is 26.0 Å². The third-order valence-electron chi connectivity index (χ3n) is 4.22. The van der Waals surface area contributed by atoms with Gasteiger partial charge in [0.2, 0.25) is 10.0 Å². The van der Waals surface area contributed by atoms with Gasteiger partial charge in [0.05, 0.1) is 4.90 Å². The summed E-state index contributed by atoms with van der Waals surface area (Å²) in [6.07, 6.45) is 4.55. The Bertz CT molecular complexity index is 723. The van der Waals surface area contributed by atoms with Crippen LogP contribution in [-0.2, 0) is 26.0 Å². The summed E-state index contributed by atoms with van der Waals surface area (Å²) in [4.78, 5) is 23.8. The van der Waals surface area contributed by atoms with Gasteiger partial charge < -0.3 is 10.6 Å². The van der Waals surface area contributed by atoms with Crippen molar-refractivity contribution in [1.29, 1.82) is 0 Å². The standard InChI is InChI=1S/C18H27N3O4S/c1-13(2)21-26(24,25)16-9-7-14(8-10-16)11-12-19-17(22)18(23)20-15-5-3-4-6-15/h7-10,13,15,21H,3-6,11-12H2,1-2H3,(H,19,22)(H,20,23). The van der Waals surface area contributed by atoms with Gasteiger partial charge in [0.25, 0.3) is 0 Å². The average Bonchev–Trinajstić information content (AvgIpc) is 3.07. The first kappa shape index (κ1) is 20.4. The van der Waals surface area contributed by atoms with Crippen LogP contribution in [0.4, 0.5) is 0 Å². The second-order valence-corrected chi connectivity index (χ2v) is 8.59. The Morgan fingerprint density at radius 3 is 2.27 bits per heavy atom. The molecule has 1 aromatic rings. The summed E-state index contributed by atoms with van der Waals surface area (Å²) in [5.41, 5.74) is 0.880. The highest BCUT2D eigenvalue weighted by Crippen LogP contribution is 2.17. The van der Waals surface area contributed by atoms with Gasteiger partial charge in [0.1, 0.15) is 0 Å². The molecule has 1 saturated carbocycles. The molecule has 0 radical (unpaired) electrons. The number of carbonyl (C=O) groups excluding carboxylic acids is 2. The molecule has 0 bridgehead atoms. The number of amides is 2. The molecule has 26 heavy (non-hydrogen) atoms. The summed E-state index contributed by atoms with van der Waals surface area (Å²) in [6.45, 7) is 3.84. The fraction of sp³-hybridized carbons (Fsp3) is 0.556. The molecule has 1 aliphatic rings. The molecular formula is C18H27N3O4S. The smallest absolute Gasteiger partial charge is 0.309 e. The molecule has 0 aromatic heterocycles. The van der Waals surface area contributed by atoms with Crippen LogP contribution in [0.15, 0.2) is 29.2 Å². The molecule has 1 fully saturated rings. The lowest BCUT2D eigenvalue weighted by molar-refractivity contribution is -0.139. The predicted molar refractivity (Wildman–Crippen MR) is 99.0 cm³/mol. The van der Waals surface area contributed by atoms with Crippen molar-refractivity contribution in [2.24, 2.45) is 0 Å². The summed E-state index contributed by atoms with van der Waals surface area (Å²) in [7, 11) is -3.51. The maximum Gasteiger partial charge on any atom is 0.309 e. The van der Waals surface area contributed by atoms with E-state index in [4.69, 9.17) is 0 Å². The van der Waals surface area contributed by atoms with Crippen molar-refractivity contribution in [2.45, 2.75) is 62.9 Å². The van der Waals surface area contributed by atoms with E-state index in [9.17, 15) is 18.0 Å². The Kier molecular flexibility index (Phi) is 7.16. The van der Waals surface area contributed by atoms with E-state index in [1.807, 2.05) is 0 Å². The van der Waals surface area contributed by atoms with Gasteiger partial charge in [-0.3, -0.25) is 9.59 Å². The van der Waals surface area contributed by atoms with Gasteiger partial charge >= 0.3 is 11.8 Å². The van der Waals surface area contributed by atoms with Crippen LogP contribution in [-0.4, -0.2) is 38.9 Å². The maximum atomic E-state index is 12.1. The number of benzene rings is 1. The van der Waals surface area contributed by atoms with Crippen molar-refractivity contribution < 1.29 is 18.0 Å². The molecule has 1 aromatic carbocycles. The molecule has 2 amide bonds. The zero-order valence-electron chi connectivity index (χ0n) is 15.2. The molecule has 0 heterocycles. The zero-order valence-corrected chi connectivity index (χ0v) is 16.1. The lowest BCUT2D eigenvalue weighted by atomic mass is 10.1. The first-order valence-corrected chi connectivity index (χ1v) is 10.5. The second-order valence-electron chi connectivity index (χ2n) is 6.88. The van der Waals surface area contributed by atoms with Crippen LogP contribution < -0.4 is 15.4 Å². The van der Waals surface area contributed by atoms with Crippen LogP contribution in [0.3, 0.4) is 0 Å². The van der Waals surface area contributed by atoms with E-state index in [0.717, 1.165) is 31.2 Å². The number of hydrogen-bond donors (Lipinski definition) is 3. The summed E-state index contributed by atoms with van der Waals surface area (Å²) in [5.74, 6) is -1.21. The highest BCUT2D eigenvalue weighted by atomic mass is 32.2. The summed E-state index contributed by atoms with van der Waals surface area (Å²) in [5, 5.41) is 5.34. The van der Waals surface area contributed by atoms with E-state index in [2.05, 4.69) is 15.4 Å². The molecule has 8 heteroatoms. The Hall–Kier alpha value is -1.93. The number of nitrogens with one attached hydrogen (secondary N) is 3. The highest BCUT2D eigenvalue weighted by molar-refractivity contribution is 7.89. The largest absolute Gasteiger partial charge is 0.348 e. The molecule has 0 atom stereocenters. The summed E-state index contributed by atoms with van der Waals surface area (Å²) >= 11 is 0. The Balaban J connectivity index is 1.78. The van der Waals surface area contributed by atoms with E-state index < -0.39 is 21.8 Å². The third kappa shape index (κ3) is 6.10. The molecule has 7 nitrogen and oxygen atoms in total. The van der Waals surface area contributed by atoms with Gasteiger partial charge in [-0.1, -0.05) is 25.0 Å². The quantitative estimate of drug-likeness (QED) is 0.615. The van der Waals surface area contributed by atoms with Crippen LogP contribution in [0.25, 0.3) is 0 Å². The first-order chi connectivity index (χ1) is 12.3. The van der Waals surface area contributed by atoms with Crippen LogP contribution in [0.1, 0.15) is 45.1 Å². The Morgan fingerprint density at radius 1 is 1.08 bits per heavy atom. The van der Waals surface area contributed by atoms with Crippen LogP contribution in [0.2, 0.25) is 0 Å². The zero-order chi connectivity index (χ0) is 19.2. The monoisotopic (exact) mass is 381 g/mol. The Labute approximate surface area is 155 Å². The third-order valence-corrected chi connectivity index (χ3v) is 5.89. The van der Waals surface area contributed by atoms with Crippen molar-refractivity contribution in [3.05, 3.63) is 29.8 Å². The maximum absolute atomic E-state index is 12.1. The lowest BCUT2D eigenvalue weighted by Crippen LogP contribution is -2.44. The van der Waals surface area contributed by atoms with Crippen LogP contribution in [0, 0.1) is 0 Å². The molecule has 1 aliphatic carbocycles. The number of rotatable bonds is 7. The van der Waals surface area contributed by atoms with Crippen LogP contribution in [0.5, 0.6) is 0 Å². The van der Waals surface area contributed by atoms with Crippen molar-refractivity contribution in [1.82, 2.24) is 15.4 Å². The molecule has 0 spiro atoms. The molecular weight excluding hydrogens is 354 g/mol. The van der Waals surface area contributed by atoms with Crippen molar-refractivity contribution in [2.75, 3.05) is 6.54 Å². The minimum absolute atomic E-state index is 0.113. The fourth-order valence-electron chi connectivity index (χ4n) is 2.94. The second kappa shape index (κ2) is 9.14. The normalized spacial score (nSPS) is 15.2. The minimum Gasteiger partial charge on any atom is -0.348 e. The van der Waals surface area contributed by atoms with E-state index in [0.29, 0.717) is 13.0 Å². The topological polar surface area (TPSA) is 104 Å². The summed E-state index contributed by atoms with van der Waals surface area (Å²) < 4.78 is 26.6. The van der Waals surface area contributed by atoms with Crippen molar-refractivity contribution >= 4 is 21.8 Å².